The van der Waals surface area contributed by atoms with Crippen molar-refractivity contribution >= 4 is 17.6 Å². The first-order chi connectivity index (χ1) is 7.40. The van der Waals surface area contributed by atoms with Crippen LogP contribution in [0.5, 0.6) is 0 Å². The highest BCUT2D eigenvalue weighted by atomic mass is 32.2. The first-order valence-electron chi connectivity index (χ1n) is 4.96. The van der Waals surface area contributed by atoms with E-state index in [1.165, 1.54) is 11.5 Å². The second-order valence-corrected chi connectivity index (χ2v) is 4.66. The molecule has 1 aromatic heterocycles. The molecule has 1 saturated heterocycles. The average Bonchev–Trinajstić information content (AvgIpc) is 2.31. The molecule has 0 aromatic carbocycles. The predicted octanol–water partition coefficient (Wildman–Crippen LogP) is 1.66. The lowest BCUT2D eigenvalue weighted by atomic mass is 10.1. The number of nitriles is 1. The zero-order chi connectivity index (χ0) is 10.5. The molecule has 0 radical (unpaired) electrons. The minimum atomic E-state index is 0.440. The normalized spacial score (nSPS) is 17.0. The Hall–Kier alpha value is -1.28. The number of thioether (sulfide) groups is 1. The van der Waals surface area contributed by atoms with E-state index in [2.05, 4.69) is 21.6 Å². The smallest absolute Gasteiger partial charge is 0.166 e. The Labute approximate surface area is 93.1 Å². The van der Waals surface area contributed by atoms with Crippen molar-refractivity contribution in [2.45, 2.75) is 18.9 Å². The first kappa shape index (κ1) is 10.2. The Balaban J connectivity index is 2.06. The maximum atomic E-state index is 8.89. The van der Waals surface area contributed by atoms with Crippen molar-refractivity contribution in [3.8, 4) is 6.07 Å². The molecule has 2 heterocycles. The van der Waals surface area contributed by atoms with Crippen LogP contribution in [-0.4, -0.2) is 27.7 Å². The molecule has 0 saturated carbocycles. The number of nitrogens with one attached hydrogen (secondary N) is 1. The Morgan fingerprint density at radius 3 is 3.00 bits per heavy atom. The topological polar surface area (TPSA) is 61.6 Å². The van der Waals surface area contributed by atoms with Gasteiger partial charge in [0.15, 0.2) is 5.82 Å². The number of nitrogens with zero attached hydrogens (tertiary/aromatic N) is 3. The van der Waals surface area contributed by atoms with Crippen molar-refractivity contribution in [3.63, 3.8) is 0 Å². The summed E-state index contributed by atoms with van der Waals surface area (Å²) in [4.78, 5) is 0. The molecule has 0 aliphatic carbocycles. The van der Waals surface area contributed by atoms with Crippen LogP contribution in [0.15, 0.2) is 12.3 Å². The van der Waals surface area contributed by atoms with Gasteiger partial charge in [-0.3, -0.25) is 0 Å². The molecular weight excluding hydrogens is 208 g/mol. The lowest BCUT2D eigenvalue weighted by Gasteiger charge is -2.22. The monoisotopic (exact) mass is 220 g/mol. The van der Waals surface area contributed by atoms with Crippen LogP contribution in [-0.2, 0) is 0 Å². The largest absolute Gasteiger partial charge is 0.365 e. The van der Waals surface area contributed by atoms with E-state index in [1.807, 2.05) is 11.8 Å². The van der Waals surface area contributed by atoms with Crippen LogP contribution in [0.4, 0.5) is 5.82 Å². The van der Waals surface area contributed by atoms with Gasteiger partial charge < -0.3 is 5.32 Å². The summed E-state index contributed by atoms with van der Waals surface area (Å²) >= 11 is 1.98. The van der Waals surface area contributed by atoms with E-state index in [0.717, 1.165) is 12.8 Å². The van der Waals surface area contributed by atoms with Crippen LogP contribution in [0, 0.1) is 11.3 Å². The first-order valence-corrected chi connectivity index (χ1v) is 6.11. The van der Waals surface area contributed by atoms with Crippen molar-refractivity contribution in [1.82, 2.24) is 10.2 Å². The molecule has 0 bridgehead atoms. The molecule has 0 unspecified atom stereocenters. The standard InChI is InChI=1S/C10H12N4S/c11-7-8-1-4-12-14-10(8)13-9-2-5-15-6-3-9/h1,4,9H,2-3,5-6H2,(H,13,14). The molecule has 2 rings (SSSR count). The molecule has 5 heteroatoms. The molecule has 0 atom stereocenters. The van der Waals surface area contributed by atoms with Gasteiger partial charge in [-0.2, -0.15) is 22.1 Å². The zero-order valence-electron chi connectivity index (χ0n) is 8.31. The van der Waals surface area contributed by atoms with E-state index in [1.54, 1.807) is 12.3 Å². The molecule has 1 aliphatic rings. The van der Waals surface area contributed by atoms with Gasteiger partial charge in [0.05, 0.1) is 11.8 Å². The van der Waals surface area contributed by atoms with E-state index >= 15 is 0 Å². The predicted molar refractivity (Wildman–Crippen MR) is 60.7 cm³/mol. The van der Waals surface area contributed by atoms with Crippen molar-refractivity contribution in [2.75, 3.05) is 16.8 Å². The van der Waals surface area contributed by atoms with Crippen LogP contribution in [0.3, 0.4) is 0 Å². The molecule has 0 spiro atoms. The molecule has 0 amide bonds. The molecule has 15 heavy (non-hydrogen) atoms. The molecule has 4 nitrogen and oxygen atoms in total. The quantitative estimate of drug-likeness (QED) is 0.821. The van der Waals surface area contributed by atoms with Crippen molar-refractivity contribution in [3.05, 3.63) is 17.8 Å². The van der Waals surface area contributed by atoms with Gasteiger partial charge in [-0.15, -0.1) is 5.10 Å². The highest BCUT2D eigenvalue weighted by molar-refractivity contribution is 7.99. The van der Waals surface area contributed by atoms with Gasteiger partial charge in [0.2, 0.25) is 0 Å². The lowest BCUT2D eigenvalue weighted by molar-refractivity contribution is 0.661. The summed E-state index contributed by atoms with van der Waals surface area (Å²) in [6, 6.07) is 4.24. The number of anilines is 1. The SMILES string of the molecule is N#Cc1ccnnc1NC1CCSCC1. The maximum Gasteiger partial charge on any atom is 0.166 e. The lowest BCUT2D eigenvalue weighted by Crippen LogP contribution is -2.25. The fraction of sp³-hybridized carbons (Fsp3) is 0.500. The van der Waals surface area contributed by atoms with Crippen LogP contribution >= 0.6 is 11.8 Å². The summed E-state index contributed by atoms with van der Waals surface area (Å²) in [5.74, 6) is 2.98. The van der Waals surface area contributed by atoms with E-state index in [-0.39, 0.29) is 0 Å². The van der Waals surface area contributed by atoms with Crippen LogP contribution in [0.1, 0.15) is 18.4 Å². The van der Waals surface area contributed by atoms with E-state index in [9.17, 15) is 0 Å². The van der Waals surface area contributed by atoms with Crippen molar-refractivity contribution in [1.29, 1.82) is 5.26 Å². The Kier molecular flexibility index (Phi) is 3.41. The number of hydrogen-bond acceptors (Lipinski definition) is 5. The molecule has 1 N–H and O–H groups in total. The van der Waals surface area contributed by atoms with Crippen LogP contribution < -0.4 is 5.32 Å². The van der Waals surface area contributed by atoms with E-state index in [0.29, 0.717) is 17.4 Å². The van der Waals surface area contributed by atoms with Gasteiger partial charge in [-0.1, -0.05) is 0 Å². The molecule has 78 valence electrons. The average molecular weight is 220 g/mol. The van der Waals surface area contributed by atoms with Gasteiger partial charge in [0.1, 0.15) is 6.07 Å². The molecular formula is C10H12N4S. The van der Waals surface area contributed by atoms with Gasteiger partial charge in [0.25, 0.3) is 0 Å². The summed E-state index contributed by atoms with van der Waals surface area (Å²) in [6.45, 7) is 0. The Morgan fingerprint density at radius 1 is 1.47 bits per heavy atom. The second kappa shape index (κ2) is 4.99. The summed E-state index contributed by atoms with van der Waals surface area (Å²) in [6.07, 6.45) is 3.80. The fourth-order valence-electron chi connectivity index (χ4n) is 1.56. The Morgan fingerprint density at radius 2 is 2.27 bits per heavy atom. The zero-order valence-corrected chi connectivity index (χ0v) is 9.13. The van der Waals surface area contributed by atoms with Crippen LogP contribution in [0.2, 0.25) is 0 Å². The summed E-state index contributed by atoms with van der Waals surface area (Å²) in [5, 5.41) is 19.9. The second-order valence-electron chi connectivity index (χ2n) is 3.44. The fourth-order valence-corrected chi connectivity index (χ4v) is 2.67. The third kappa shape index (κ3) is 2.60. The number of rotatable bonds is 2. The summed E-state index contributed by atoms with van der Waals surface area (Å²) in [7, 11) is 0. The Bertz CT molecular complexity index is 368. The summed E-state index contributed by atoms with van der Waals surface area (Å²) in [5.41, 5.74) is 0.572. The van der Waals surface area contributed by atoms with Gasteiger partial charge >= 0.3 is 0 Å². The number of hydrogen-bond donors (Lipinski definition) is 1. The highest BCUT2D eigenvalue weighted by Gasteiger charge is 2.15. The molecule has 1 fully saturated rings. The third-order valence-electron chi connectivity index (χ3n) is 2.40. The van der Waals surface area contributed by atoms with Crippen LogP contribution in [0.25, 0.3) is 0 Å². The van der Waals surface area contributed by atoms with Crippen molar-refractivity contribution in [2.24, 2.45) is 0 Å². The van der Waals surface area contributed by atoms with Gasteiger partial charge in [0, 0.05) is 6.04 Å². The van der Waals surface area contributed by atoms with Gasteiger partial charge in [-0.05, 0) is 30.4 Å². The van der Waals surface area contributed by atoms with Crippen molar-refractivity contribution < 1.29 is 0 Å². The summed E-state index contributed by atoms with van der Waals surface area (Å²) < 4.78 is 0. The maximum absolute atomic E-state index is 8.89. The molecule has 1 aliphatic heterocycles. The number of aromatic nitrogens is 2. The highest BCUT2D eigenvalue weighted by Crippen LogP contribution is 2.20. The third-order valence-corrected chi connectivity index (χ3v) is 3.45. The van der Waals surface area contributed by atoms with E-state index in [4.69, 9.17) is 5.26 Å². The molecule has 1 aromatic rings. The van der Waals surface area contributed by atoms with Gasteiger partial charge in [-0.25, -0.2) is 0 Å². The minimum Gasteiger partial charge on any atom is -0.365 e. The van der Waals surface area contributed by atoms with E-state index < -0.39 is 0 Å². The minimum absolute atomic E-state index is 0.440.